The summed E-state index contributed by atoms with van der Waals surface area (Å²) in [5.41, 5.74) is -2.78. The molecule has 2 aliphatic heterocycles. The monoisotopic (exact) mass is 402 g/mol. The van der Waals surface area contributed by atoms with E-state index in [1.54, 1.807) is 0 Å². The first kappa shape index (κ1) is 19.4. The molecule has 4 N–H and O–H groups in total. The summed E-state index contributed by atoms with van der Waals surface area (Å²) >= 11 is 0. The molecule has 0 aromatic rings. The van der Waals surface area contributed by atoms with Crippen molar-refractivity contribution in [1.29, 1.82) is 0 Å². The lowest BCUT2D eigenvalue weighted by atomic mass is 10.1. The van der Waals surface area contributed by atoms with Crippen LogP contribution in [-0.4, -0.2) is 65.6 Å². The Labute approximate surface area is 139 Å². The minimum atomic E-state index is -5.39. The topological polar surface area (TPSA) is 200 Å². The van der Waals surface area contributed by atoms with E-state index in [-0.39, 0.29) is 14.9 Å². The summed E-state index contributed by atoms with van der Waals surface area (Å²) < 4.78 is 36.2. The normalized spacial score (nSPS) is 26.2. The minimum absolute atomic E-state index is 0.124. The van der Waals surface area contributed by atoms with Crippen molar-refractivity contribution in [3.8, 4) is 0 Å². The van der Waals surface area contributed by atoms with Crippen LogP contribution in [0, 0.1) is 0 Å². The maximum absolute atomic E-state index is 11.5. The van der Waals surface area contributed by atoms with Crippen LogP contribution in [0.2, 0.25) is 0 Å². The largest absolute Gasteiger partial charge is 0.456 e. The molecule has 16 heteroatoms. The van der Waals surface area contributed by atoms with Crippen LogP contribution >= 0.6 is 15.5 Å². The van der Waals surface area contributed by atoms with Gasteiger partial charge in [0.15, 0.2) is 6.61 Å². The van der Waals surface area contributed by atoms with E-state index in [4.69, 9.17) is 9.79 Å². The van der Waals surface area contributed by atoms with E-state index in [0.29, 0.717) is 0 Å². The van der Waals surface area contributed by atoms with Gasteiger partial charge in [-0.25, -0.2) is 23.5 Å². The molecule has 2 unspecified atom stereocenters. The van der Waals surface area contributed by atoms with Gasteiger partial charge in [-0.2, -0.15) is 9.34 Å². The Morgan fingerprint density at radius 2 is 1.80 bits per heavy atom. The average molecular weight is 402 g/mol. The zero-order valence-corrected chi connectivity index (χ0v) is 14.1. The number of rotatable bonds is 6. The van der Waals surface area contributed by atoms with Crippen molar-refractivity contribution in [3.05, 3.63) is 12.2 Å². The molecule has 0 aromatic heterocycles. The highest BCUT2D eigenvalue weighted by atomic mass is 31.2. The van der Waals surface area contributed by atoms with Crippen molar-refractivity contribution in [1.82, 2.24) is 9.34 Å². The lowest BCUT2D eigenvalue weighted by Crippen LogP contribution is -2.79. The fourth-order valence-corrected chi connectivity index (χ4v) is 3.71. The molecule has 0 aromatic carbocycles. The number of ether oxygens (including phenoxy) is 3. The van der Waals surface area contributed by atoms with Gasteiger partial charge in [-0.05, 0) is 6.92 Å². The lowest BCUT2D eigenvalue weighted by Gasteiger charge is -2.56. The van der Waals surface area contributed by atoms with Crippen LogP contribution in [0.1, 0.15) is 6.92 Å². The van der Waals surface area contributed by atoms with E-state index in [9.17, 15) is 33.3 Å². The summed E-state index contributed by atoms with van der Waals surface area (Å²) in [4.78, 5) is 71.1. The number of carbonyl (C=O) groups excluding carboxylic acids is 3. The Morgan fingerprint density at radius 3 is 2.16 bits per heavy atom. The molecule has 2 rings (SSSR count). The fraction of sp³-hybridized carbons (Fsp3) is 0.444. The molecule has 0 saturated carbocycles. The second kappa shape index (κ2) is 5.80. The zero-order chi connectivity index (χ0) is 19.4. The second-order valence-electron chi connectivity index (χ2n) is 4.99. The Kier molecular flexibility index (Phi) is 4.49. The first-order valence-electron chi connectivity index (χ1n) is 6.19. The van der Waals surface area contributed by atoms with Crippen LogP contribution in [0.3, 0.4) is 0 Å². The number of hydrogen-bond donors (Lipinski definition) is 4. The van der Waals surface area contributed by atoms with Crippen molar-refractivity contribution >= 4 is 33.6 Å². The van der Waals surface area contributed by atoms with Gasteiger partial charge in [0.1, 0.15) is 0 Å². The summed E-state index contributed by atoms with van der Waals surface area (Å²) in [5.74, 6) is -1.05. The number of carbonyl (C=O) groups is 3. The number of nitrogens with zero attached hydrogens (tertiary/aromatic N) is 2. The predicted molar refractivity (Wildman–Crippen MR) is 73.0 cm³/mol. The molecule has 25 heavy (non-hydrogen) atoms. The smallest absolute Gasteiger partial charge is 0.438 e. The quantitative estimate of drug-likeness (QED) is 0.187. The number of amides is 2. The molecular formula is C9H12N2O12P2. The predicted octanol–water partition coefficient (Wildman–Crippen LogP) is -0.782. The molecule has 14 nitrogen and oxygen atoms in total. The van der Waals surface area contributed by atoms with E-state index in [1.165, 1.54) is 6.92 Å². The number of hydrogen-bond acceptors (Lipinski definition) is 8. The highest BCUT2D eigenvalue weighted by Crippen LogP contribution is 2.59. The third-order valence-corrected chi connectivity index (χ3v) is 5.06. The molecule has 2 saturated heterocycles. The third-order valence-electron chi connectivity index (χ3n) is 3.10. The molecule has 0 aliphatic carbocycles. The molecule has 2 atom stereocenters. The third kappa shape index (κ3) is 3.15. The Hall–Kier alpha value is -1.95. The molecule has 2 amide bonds. The summed E-state index contributed by atoms with van der Waals surface area (Å²) in [5, 5.41) is 0. The fourth-order valence-electron chi connectivity index (χ4n) is 2.06. The maximum Gasteiger partial charge on any atom is 0.438 e. The molecule has 0 bridgehead atoms. The van der Waals surface area contributed by atoms with Crippen LogP contribution < -0.4 is 0 Å². The molecule has 2 aliphatic rings. The van der Waals surface area contributed by atoms with Gasteiger partial charge in [-0.3, -0.25) is 0 Å². The Balaban J connectivity index is 2.41. The molecule has 140 valence electrons. The Morgan fingerprint density at radius 1 is 1.24 bits per heavy atom. The average Bonchev–Trinajstić information content (AvgIpc) is 2.35. The molecule has 2 heterocycles. The maximum atomic E-state index is 11.5. The van der Waals surface area contributed by atoms with Crippen molar-refractivity contribution in [2.45, 2.75) is 18.9 Å². The number of cyclic esters (lactones) is 2. The molecule has 2 fully saturated rings. The summed E-state index contributed by atoms with van der Waals surface area (Å²) in [7, 11) is -10.7. The lowest BCUT2D eigenvalue weighted by molar-refractivity contribution is -0.276. The number of esters is 1. The van der Waals surface area contributed by atoms with Gasteiger partial charge in [0.05, 0.1) is 0 Å². The zero-order valence-electron chi connectivity index (χ0n) is 12.3. The van der Waals surface area contributed by atoms with E-state index in [1.807, 2.05) is 0 Å². The molecule has 0 radical (unpaired) electrons. The van der Waals surface area contributed by atoms with Crippen LogP contribution in [-0.2, 0) is 28.1 Å². The van der Waals surface area contributed by atoms with Gasteiger partial charge >= 0.3 is 33.6 Å². The highest BCUT2D eigenvalue weighted by molar-refractivity contribution is 7.50. The SMILES string of the molecule is C=C(C)C(=O)OCC1(C2OC(=O)N2P(=O)(O)O)OC(=O)N1P(=O)(O)O. The second-order valence-corrected chi connectivity index (χ2v) is 7.87. The summed E-state index contributed by atoms with van der Waals surface area (Å²) in [6.07, 6.45) is -5.24. The van der Waals surface area contributed by atoms with Crippen LogP contribution in [0.4, 0.5) is 9.59 Å². The molecular weight excluding hydrogens is 390 g/mol. The van der Waals surface area contributed by atoms with Gasteiger partial charge in [0.25, 0.3) is 12.0 Å². The van der Waals surface area contributed by atoms with Crippen molar-refractivity contribution in [2.75, 3.05) is 6.61 Å². The van der Waals surface area contributed by atoms with Gasteiger partial charge in [-0.1, -0.05) is 6.58 Å². The van der Waals surface area contributed by atoms with E-state index in [2.05, 4.69) is 20.8 Å². The van der Waals surface area contributed by atoms with Gasteiger partial charge in [0.2, 0.25) is 0 Å². The minimum Gasteiger partial charge on any atom is -0.456 e. The highest BCUT2D eigenvalue weighted by Gasteiger charge is 2.74. The van der Waals surface area contributed by atoms with Crippen LogP contribution in [0.15, 0.2) is 12.2 Å². The van der Waals surface area contributed by atoms with Crippen molar-refractivity contribution < 1.29 is 57.3 Å². The van der Waals surface area contributed by atoms with E-state index in [0.717, 1.165) is 0 Å². The van der Waals surface area contributed by atoms with Crippen LogP contribution in [0.5, 0.6) is 0 Å². The van der Waals surface area contributed by atoms with Crippen molar-refractivity contribution in [3.63, 3.8) is 0 Å². The first-order valence-corrected chi connectivity index (χ1v) is 9.32. The standard InChI is InChI=1S/C9H12N2O12P2/c1-4(2)5(12)21-3-9(11(8(14)23-9)25(18,19)20)6-10(7(13)22-6)24(15,16)17/h6H,1,3H2,2H3,(H2,15,16,17)(H2,18,19,20). The van der Waals surface area contributed by atoms with Gasteiger partial charge in [0, 0.05) is 5.57 Å². The van der Waals surface area contributed by atoms with E-state index < -0.39 is 52.2 Å². The van der Waals surface area contributed by atoms with E-state index >= 15 is 0 Å². The van der Waals surface area contributed by atoms with Crippen molar-refractivity contribution in [2.24, 2.45) is 0 Å². The summed E-state index contributed by atoms with van der Waals surface area (Å²) in [6, 6.07) is 0. The Bertz CT molecular complexity index is 754. The first-order chi connectivity index (χ1) is 11.2. The van der Waals surface area contributed by atoms with Gasteiger partial charge in [-0.15, -0.1) is 0 Å². The summed E-state index contributed by atoms with van der Waals surface area (Å²) in [6.45, 7) is 3.39. The molecule has 0 spiro atoms. The van der Waals surface area contributed by atoms with Gasteiger partial charge < -0.3 is 33.8 Å². The van der Waals surface area contributed by atoms with Crippen LogP contribution in [0.25, 0.3) is 0 Å².